The van der Waals surface area contributed by atoms with E-state index in [0.717, 1.165) is 51.6 Å². The van der Waals surface area contributed by atoms with E-state index in [1.54, 1.807) is 25.2 Å². The van der Waals surface area contributed by atoms with Crippen LogP contribution in [-0.4, -0.2) is 50.9 Å². The number of nitrogens with zero attached hydrogens (tertiary/aromatic N) is 1. The summed E-state index contributed by atoms with van der Waals surface area (Å²) < 4.78 is 27.5. The molecule has 2 fully saturated rings. The molecule has 8 heteroatoms. The van der Waals surface area contributed by atoms with Crippen LogP contribution in [0.1, 0.15) is 55.3 Å². The third kappa shape index (κ3) is 5.44. The number of nitrogens with one attached hydrogen (secondary N) is 2. The molecule has 1 saturated carbocycles. The lowest BCUT2D eigenvalue weighted by Crippen LogP contribution is -2.45. The van der Waals surface area contributed by atoms with Gasteiger partial charge in [0.15, 0.2) is 0 Å². The number of carbonyl (C=O) groups excluding carboxylic acids is 1. The maximum absolute atomic E-state index is 13.0. The summed E-state index contributed by atoms with van der Waals surface area (Å²) in [5.74, 6) is -0.212. The first-order valence-corrected chi connectivity index (χ1v) is 11.0. The second kappa shape index (κ2) is 9.87. The van der Waals surface area contributed by atoms with Crippen molar-refractivity contribution in [2.75, 3.05) is 20.1 Å². The number of hydrogen-bond donors (Lipinski definition) is 2. The SMILES string of the molecule is CN(C1CCCCC1)S(=O)(=O)c1cccc(C(=O)N[C@H]2CCCNC2)c1.Cl. The number of amides is 1. The van der Waals surface area contributed by atoms with Crippen LogP contribution in [0.4, 0.5) is 0 Å². The van der Waals surface area contributed by atoms with Crippen LogP contribution in [0.3, 0.4) is 0 Å². The highest BCUT2D eigenvalue weighted by molar-refractivity contribution is 7.89. The lowest BCUT2D eigenvalue weighted by molar-refractivity contribution is 0.0930. The Balaban J connectivity index is 0.00000261. The minimum atomic E-state index is -3.59. The highest BCUT2D eigenvalue weighted by Crippen LogP contribution is 2.26. The fourth-order valence-corrected chi connectivity index (χ4v) is 5.31. The third-order valence-corrected chi connectivity index (χ3v) is 7.40. The molecular weight excluding hydrogens is 386 g/mol. The number of sulfonamides is 1. The van der Waals surface area contributed by atoms with Gasteiger partial charge in [-0.25, -0.2) is 8.42 Å². The first-order valence-electron chi connectivity index (χ1n) is 9.58. The first-order chi connectivity index (χ1) is 12.5. The lowest BCUT2D eigenvalue weighted by Gasteiger charge is -2.30. The monoisotopic (exact) mass is 415 g/mol. The molecule has 0 radical (unpaired) electrons. The van der Waals surface area contributed by atoms with Crippen LogP contribution in [-0.2, 0) is 10.0 Å². The van der Waals surface area contributed by atoms with Crippen LogP contribution < -0.4 is 10.6 Å². The average Bonchev–Trinajstić information content (AvgIpc) is 2.69. The summed E-state index contributed by atoms with van der Waals surface area (Å²) in [4.78, 5) is 12.7. The molecule has 1 aliphatic heterocycles. The van der Waals surface area contributed by atoms with E-state index < -0.39 is 10.0 Å². The Bertz CT molecular complexity index is 729. The molecule has 1 aromatic rings. The quantitative estimate of drug-likeness (QED) is 0.774. The van der Waals surface area contributed by atoms with Crippen LogP contribution in [0, 0.1) is 0 Å². The molecule has 1 atom stereocenters. The van der Waals surface area contributed by atoms with Gasteiger partial charge >= 0.3 is 0 Å². The zero-order chi connectivity index (χ0) is 18.6. The highest BCUT2D eigenvalue weighted by atomic mass is 35.5. The highest BCUT2D eigenvalue weighted by Gasteiger charge is 2.29. The van der Waals surface area contributed by atoms with E-state index in [1.165, 1.54) is 16.8 Å². The van der Waals surface area contributed by atoms with Crippen molar-refractivity contribution in [2.24, 2.45) is 0 Å². The van der Waals surface area contributed by atoms with Crippen molar-refractivity contribution in [1.82, 2.24) is 14.9 Å². The van der Waals surface area contributed by atoms with Crippen molar-refractivity contribution in [3.05, 3.63) is 29.8 Å². The molecule has 0 aromatic heterocycles. The summed E-state index contributed by atoms with van der Waals surface area (Å²) in [7, 11) is -1.93. The van der Waals surface area contributed by atoms with Crippen molar-refractivity contribution in [2.45, 2.75) is 61.9 Å². The Morgan fingerprint density at radius 1 is 1.15 bits per heavy atom. The summed E-state index contributed by atoms with van der Waals surface area (Å²) in [5.41, 5.74) is 0.397. The van der Waals surface area contributed by atoms with Gasteiger partial charge in [-0.15, -0.1) is 12.4 Å². The number of halogens is 1. The molecule has 1 aromatic carbocycles. The number of piperidine rings is 1. The van der Waals surface area contributed by atoms with Crippen molar-refractivity contribution >= 4 is 28.3 Å². The van der Waals surface area contributed by atoms with Crippen molar-refractivity contribution in [3.63, 3.8) is 0 Å². The van der Waals surface area contributed by atoms with Crippen LogP contribution in [0.2, 0.25) is 0 Å². The van der Waals surface area contributed by atoms with Crippen LogP contribution in [0.25, 0.3) is 0 Å². The Morgan fingerprint density at radius 3 is 2.56 bits per heavy atom. The number of carbonyl (C=O) groups is 1. The standard InChI is InChI=1S/C19H29N3O3S.ClH/c1-22(17-9-3-2-4-10-17)26(24,25)18-11-5-7-15(13-18)19(23)21-16-8-6-12-20-14-16;/h5,7,11,13,16-17,20H,2-4,6,8-10,12,14H2,1H3,(H,21,23);1H/t16-;/m0./s1. The molecule has 0 unspecified atom stereocenters. The maximum atomic E-state index is 13.0. The molecule has 1 aliphatic carbocycles. The van der Waals surface area contributed by atoms with Gasteiger partial charge in [0, 0.05) is 31.2 Å². The Morgan fingerprint density at radius 2 is 1.89 bits per heavy atom. The molecule has 1 amide bonds. The van der Waals surface area contributed by atoms with Gasteiger partial charge in [0.25, 0.3) is 5.91 Å². The van der Waals surface area contributed by atoms with Crippen molar-refractivity contribution in [1.29, 1.82) is 0 Å². The molecular formula is C19H30ClN3O3S. The van der Waals surface area contributed by atoms with Gasteiger partial charge in [-0.3, -0.25) is 4.79 Å². The van der Waals surface area contributed by atoms with Gasteiger partial charge in [0.2, 0.25) is 10.0 Å². The van der Waals surface area contributed by atoms with E-state index in [1.807, 2.05) is 0 Å². The van der Waals surface area contributed by atoms with E-state index in [2.05, 4.69) is 10.6 Å². The van der Waals surface area contributed by atoms with Crippen LogP contribution in [0.5, 0.6) is 0 Å². The van der Waals surface area contributed by atoms with E-state index in [9.17, 15) is 13.2 Å². The summed E-state index contributed by atoms with van der Waals surface area (Å²) in [6.45, 7) is 1.74. The van der Waals surface area contributed by atoms with Crippen LogP contribution in [0.15, 0.2) is 29.2 Å². The molecule has 2 aliphatic rings. The second-order valence-corrected chi connectivity index (χ2v) is 9.36. The zero-order valence-corrected chi connectivity index (χ0v) is 17.4. The normalized spacial score (nSPS) is 21.5. The molecule has 0 bridgehead atoms. The summed E-state index contributed by atoms with van der Waals surface area (Å²) in [5, 5.41) is 6.26. The maximum Gasteiger partial charge on any atom is 0.251 e. The minimum Gasteiger partial charge on any atom is -0.348 e. The molecule has 2 N–H and O–H groups in total. The molecule has 3 rings (SSSR count). The number of rotatable bonds is 5. The largest absolute Gasteiger partial charge is 0.348 e. The molecule has 1 saturated heterocycles. The fraction of sp³-hybridized carbons (Fsp3) is 0.632. The van der Waals surface area contributed by atoms with E-state index in [0.29, 0.717) is 5.56 Å². The summed E-state index contributed by atoms with van der Waals surface area (Å²) in [6.07, 6.45) is 7.11. The molecule has 152 valence electrons. The molecule has 6 nitrogen and oxygen atoms in total. The van der Waals surface area contributed by atoms with Gasteiger partial charge in [0.1, 0.15) is 0 Å². The van der Waals surface area contributed by atoms with Crippen molar-refractivity contribution in [3.8, 4) is 0 Å². The van der Waals surface area contributed by atoms with Crippen molar-refractivity contribution < 1.29 is 13.2 Å². The minimum absolute atomic E-state index is 0. The Hall–Kier alpha value is -1.15. The number of hydrogen-bond acceptors (Lipinski definition) is 4. The lowest BCUT2D eigenvalue weighted by atomic mass is 9.96. The smallest absolute Gasteiger partial charge is 0.251 e. The predicted molar refractivity (Wildman–Crippen MR) is 109 cm³/mol. The van der Waals surface area contributed by atoms with E-state index in [4.69, 9.17) is 0 Å². The van der Waals surface area contributed by atoms with Gasteiger partial charge in [-0.2, -0.15) is 4.31 Å². The summed E-state index contributed by atoms with van der Waals surface area (Å²) in [6, 6.07) is 6.55. The Kier molecular flexibility index (Phi) is 8.09. The third-order valence-electron chi connectivity index (χ3n) is 5.49. The predicted octanol–water partition coefficient (Wildman–Crippen LogP) is 2.54. The van der Waals surface area contributed by atoms with E-state index >= 15 is 0 Å². The number of benzene rings is 1. The average molecular weight is 416 g/mol. The summed E-state index contributed by atoms with van der Waals surface area (Å²) >= 11 is 0. The van der Waals surface area contributed by atoms with Crippen LogP contribution >= 0.6 is 12.4 Å². The second-order valence-electron chi connectivity index (χ2n) is 7.36. The first kappa shape index (κ1) is 22.1. The van der Waals surface area contributed by atoms with Gasteiger partial charge in [-0.1, -0.05) is 25.3 Å². The molecule has 1 heterocycles. The topological polar surface area (TPSA) is 78.5 Å². The van der Waals surface area contributed by atoms with E-state index in [-0.39, 0.29) is 35.3 Å². The molecule has 0 spiro atoms. The zero-order valence-electron chi connectivity index (χ0n) is 15.8. The molecule has 27 heavy (non-hydrogen) atoms. The Labute approximate surface area is 168 Å². The fourth-order valence-electron chi connectivity index (χ4n) is 3.85. The van der Waals surface area contributed by atoms with Gasteiger partial charge in [0.05, 0.1) is 4.90 Å². The van der Waals surface area contributed by atoms with Gasteiger partial charge < -0.3 is 10.6 Å². The van der Waals surface area contributed by atoms with Gasteiger partial charge in [-0.05, 0) is 50.4 Å².